The van der Waals surface area contributed by atoms with Crippen molar-refractivity contribution in [2.75, 3.05) is 26.7 Å². The summed E-state index contributed by atoms with van der Waals surface area (Å²) in [5.41, 5.74) is 2.95. The van der Waals surface area contributed by atoms with Crippen molar-refractivity contribution in [3.63, 3.8) is 0 Å². The SMILES string of the molecule is CN1CCNCC1c1noc(CC2CCCc3ccccc32)n1. The van der Waals surface area contributed by atoms with Crippen LogP contribution in [0.2, 0.25) is 0 Å². The summed E-state index contributed by atoms with van der Waals surface area (Å²) in [5, 5.41) is 7.65. The maximum Gasteiger partial charge on any atom is 0.227 e. The van der Waals surface area contributed by atoms with Gasteiger partial charge in [-0.05, 0) is 43.4 Å². The zero-order chi connectivity index (χ0) is 15.6. The molecule has 122 valence electrons. The molecule has 0 saturated carbocycles. The second-order valence-corrected chi connectivity index (χ2v) is 6.74. The standard InChI is InChI=1S/C18H24N4O/c1-22-10-9-19-12-16(22)18-20-17(23-21-18)11-14-7-4-6-13-5-2-3-8-15(13)14/h2-3,5,8,14,16,19H,4,6-7,9-12H2,1H3. The Balaban J connectivity index is 1.50. The van der Waals surface area contributed by atoms with Gasteiger partial charge in [0.1, 0.15) is 0 Å². The van der Waals surface area contributed by atoms with Gasteiger partial charge in [0.25, 0.3) is 0 Å². The number of nitrogens with one attached hydrogen (secondary N) is 1. The molecule has 4 rings (SSSR count). The first kappa shape index (κ1) is 14.8. The molecule has 2 aliphatic rings. The number of hydrogen-bond donors (Lipinski definition) is 1. The summed E-state index contributed by atoms with van der Waals surface area (Å²) in [7, 11) is 2.12. The number of piperazine rings is 1. The lowest BCUT2D eigenvalue weighted by Gasteiger charge is -2.30. The van der Waals surface area contributed by atoms with Crippen molar-refractivity contribution in [1.82, 2.24) is 20.4 Å². The number of hydrogen-bond acceptors (Lipinski definition) is 5. The van der Waals surface area contributed by atoms with Gasteiger partial charge in [-0.1, -0.05) is 29.4 Å². The molecule has 1 saturated heterocycles. The quantitative estimate of drug-likeness (QED) is 0.942. The van der Waals surface area contributed by atoms with E-state index in [0.29, 0.717) is 5.92 Å². The van der Waals surface area contributed by atoms with E-state index in [4.69, 9.17) is 9.51 Å². The fraction of sp³-hybridized carbons (Fsp3) is 0.556. The van der Waals surface area contributed by atoms with Gasteiger partial charge in [-0.15, -0.1) is 0 Å². The largest absolute Gasteiger partial charge is 0.339 e. The smallest absolute Gasteiger partial charge is 0.227 e. The number of likely N-dealkylation sites (N-methyl/N-ethyl adjacent to an activating group) is 1. The molecule has 2 aromatic rings. The van der Waals surface area contributed by atoms with Crippen LogP contribution in [0.3, 0.4) is 0 Å². The fourth-order valence-corrected chi connectivity index (χ4v) is 3.86. The molecule has 1 aliphatic heterocycles. The average molecular weight is 312 g/mol. The first-order chi connectivity index (χ1) is 11.3. The van der Waals surface area contributed by atoms with Gasteiger partial charge in [-0.3, -0.25) is 4.90 Å². The molecule has 0 amide bonds. The Bertz CT molecular complexity index is 669. The molecule has 5 nitrogen and oxygen atoms in total. The summed E-state index contributed by atoms with van der Waals surface area (Å²) in [6.07, 6.45) is 4.51. The summed E-state index contributed by atoms with van der Waals surface area (Å²) >= 11 is 0. The summed E-state index contributed by atoms with van der Waals surface area (Å²) < 4.78 is 5.57. The minimum atomic E-state index is 0.222. The molecule has 2 heterocycles. The Labute approximate surface area is 137 Å². The molecule has 1 aromatic heterocycles. The number of fused-ring (bicyclic) bond motifs is 1. The van der Waals surface area contributed by atoms with Gasteiger partial charge in [-0.25, -0.2) is 0 Å². The third kappa shape index (κ3) is 3.03. The van der Waals surface area contributed by atoms with Crippen molar-refractivity contribution in [1.29, 1.82) is 0 Å². The summed E-state index contributed by atoms with van der Waals surface area (Å²) in [6, 6.07) is 9.01. The highest BCUT2D eigenvalue weighted by molar-refractivity contribution is 5.33. The first-order valence-corrected chi connectivity index (χ1v) is 8.62. The van der Waals surface area contributed by atoms with Crippen LogP contribution in [0.25, 0.3) is 0 Å². The van der Waals surface area contributed by atoms with Crippen LogP contribution < -0.4 is 5.32 Å². The van der Waals surface area contributed by atoms with Crippen LogP contribution >= 0.6 is 0 Å². The second kappa shape index (κ2) is 6.42. The van der Waals surface area contributed by atoms with Crippen molar-refractivity contribution in [3.8, 4) is 0 Å². The van der Waals surface area contributed by atoms with Gasteiger partial charge < -0.3 is 9.84 Å². The number of nitrogens with zero attached hydrogens (tertiary/aromatic N) is 3. The highest BCUT2D eigenvalue weighted by atomic mass is 16.5. The van der Waals surface area contributed by atoms with Crippen LogP contribution in [-0.4, -0.2) is 41.7 Å². The molecule has 23 heavy (non-hydrogen) atoms. The number of aryl methyl sites for hydroxylation is 1. The van der Waals surface area contributed by atoms with Crippen molar-refractivity contribution in [3.05, 3.63) is 47.1 Å². The summed E-state index contributed by atoms with van der Waals surface area (Å²) in [5.74, 6) is 2.11. The Morgan fingerprint density at radius 2 is 2.26 bits per heavy atom. The van der Waals surface area contributed by atoms with E-state index in [-0.39, 0.29) is 6.04 Å². The monoisotopic (exact) mass is 312 g/mol. The topological polar surface area (TPSA) is 54.2 Å². The number of aromatic nitrogens is 2. The van der Waals surface area contributed by atoms with Crippen LogP contribution in [0.15, 0.2) is 28.8 Å². The molecule has 2 atom stereocenters. The first-order valence-electron chi connectivity index (χ1n) is 8.62. The maximum absolute atomic E-state index is 5.57. The Morgan fingerprint density at radius 3 is 3.17 bits per heavy atom. The van der Waals surface area contributed by atoms with Crippen LogP contribution in [0.5, 0.6) is 0 Å². The zero-order valence-electron chi connectivity index (χ0n) is 13.7. The van der Waals surface area contributed by atoms with E-state index in [2.05, 4.69) is 46.7 Å². The van der Waals surface area contributed by atoms with E-state index < -0.39 is 0 Å². The molecule has 1 aromatic carbocycles. The molecule has 1 aliphatic carbocycles. The molecule has 0 spiro atoms. The third-order valence-electron chi connectivity index (χ3n) is 5.21. The van der Waals surface area contributed by atoms with E-state index in [1.165, 1.54) is 30.4 Å². The van der Waals surface area contributed by atoms with Crippen LogP contribution in [0, 0.1) is 0 Å². The van der Waals surface area contributed by atoms with E-state index in [0.717, 1.165) is 37.8 Å². The van der Waals surface area contributed by atoms with E-state index >= 15 is 0 Å². The van der Waals surface area contributed by atoms with E-state index in [1.54, 1.807) is 0 Å². The Kier molecular flexibility index (Phi) is 4.14. The highest BCUT2D eigenvalue weighted by Crippen LogP contribution is 2.33. The predicted molar refractivity (Wildman–Crippen MR) is 88.4 cm³/mol. The predicted octanol–water partition coefficient (Wildman–Crippen LogP) is 2.31. The molecule has 1 N–H and O–H groups in total. The van der Waals surface area contributed by atoms with Crippen molar-refractivity contribution in [2.45, 2.75) is 37.6 Å². The van der Waals surface area contributed by atoms with Crippen molar-refractivity contribution < 1.29 is 4.52 Å². The second-order valence-electron chi connectivity index (χ2n) is 6.74. The Morgan fingerprint density at radius 1 is 1.35 bits per heavy atom. The lowest BCUT2D eigenvalue weighted by Crippen LogP contribution is -2.44. The average Bonchev–Trinajstić information content (AvgIpc) is 3.04. The summed E-state index contributed by atoms with van der Waals surface area (Å²) in [4.78, 5) is 6.98. The normalized spacial score (nSPS) is 25.3. The lowest BCUT2D eigenvalue weighted by atomic mass is 9.81. The molecule has 0 bridgehead atoms. The molecular formula is C18H24N4O. The van der Waals surface area contributed by atoms with Crippen LogP contribution in [0.4, 0.5) is 0 Å². The van der Waals surface area contributed by atoms with Gasteiger partial charge in [0, 0.05) is 26.1 Å². The van der Waals surface area contributed by atoms with Crippen LogP contribution in [-0.2, 0) is 12.8 Å². The van der Waals surface area contributed by atoms with Gasteiger partial charge in [0.15, 0.2) is 5.82 Å². The van der Waals surface area contributed by atoms with Crippen molar-refractivity contribution >= 4 is 0 Å². The molecule has 2 unspecified atom stereocenters. The zero-order valence-corrected chi connectivity index (χ0v) is 13.7. The number of benzene rings is 1. The molecular weight excluding hydrogens is 288 g/mol. The lowest BCUT2D eigenvalue weighted by molar-refractivity contribution is 0.190. The number of rotatable bonds is 3. The maximum atomic E-state index is 5.57. The molecule has 1 fully saturated rings. The van der Waals surface area contributed by atoms with E-state index in [1.807, 2.05) is 0 Å². The molecule has 5 heteroatoms. The van der Waals surface area contributed by atoms with Crippen molar-refractivity contribution in [2.24, 2.45) is 0 Å². The fourth-order valence-electron chi connectivity index (χ4n) is 3.86. The van der Waals surface area contributed by atoms with Gasteiger partial charge in [0.2, 0.25) is 5.89 Å². The van der Waals surface area contributed by atoms with Gasteiger partial charge >= 0.3 is 0 Å². The minimum absolute atomic E-state index is 0.222. The van der Waals surface area contributed by atoms with Gasteiger partial charge in [0.05, 0.1) is 6.04 Å². The molecule has 0 radical (unpaired) electrons. The summed E-state index contributed by atoms with van der Waals surface area (Å²) in [6.45, 7) is 2.93. The van der Waals surface area contributed by atoms with Crippen LogP contribution in [0.1, 0.15) is 47.6 Å². The Hall–Kier alpha value is -1.72. The highest BCUT2D eigenvalue weighted by Gasteiger charge is 2.27. The minimum Gasteiger partial charge on any atom is -0.339 e. The third-order valence-corrected chi connectivity index (χ3v) is 5.21. The van der Waals surface area contributed by atoms with Gasteiger partial charge in [-0.2, -0.15) is 4.98 Å². The van der Waals surface area contributed by atoms with E-state index in [9.17, 15) is 0 Å².